The van der Waals surface area contributed by atoms with Crippen LogP contribution in [-0.2, 0) is 4.65 Å². The van der Waals surface area contributed by atoms with Crippen LogP contribution in [0.4, 0.5) is 4.39 Å². The van der Waals surface area contributed by atoms with Crippen molar-refractivity contribution in [2.75, 3.05) is 0 Å². The van der Waals surface area contributed by atoms with E-state index in [1.807, 2.05) is 0 Å². The first-order chi connectivity index (χ1) is 7.43. The zero-order valence-electron chi connectivity index (χ0n) is 8.73. The van der Waals surface area contributed by atoms with Crippen molar-refractivity contribution < 1.29 is 18.8 Å². The molecule has 0 bridgehead atoms. The van der Waals surface area contributed by atoms with Crippen molar-refractivity contribution in [3.63, 3.8) is 0 Å². The van der Waals surface area contributed by atoms with Crippen molar-refractivity contribution in [3.05, 3.63) is 28.4 Å². The van der Waals surface area contributed by atoms with Gasteiger partial charge in [0.05, 0.1) is 0 Å². The number of halogens is 1. The second kappa shape index (κ2) is 3.53. The molecule has 0 spiro atoms. The number of benzene rings is 1. The van der Waals surface area contributed by atoms with Crippen molar-refractivity contribution >= 4 is 12.6 Å². The molecular formula is C9H9BFNO4. The molecule has 1 atom stereocenters. The minimum Gasteiger partial charge on any atom is -0.532 e. The second-order valence-corrected chi connectivity index (χ2v) is 3.73. The highest BCUT2D eigenvalue weighted by atomic mass is 19.1. The van der Waals surface area contributed by atoms with Crippen LogP contribution in [0.3, 0.4) is 0 Å². The summed E-state index contributed by atoms with van der Waals surface area (Å²) in [6, 6.07) is 2.56. The molecular weight excluding hydrogens is 216 g/mol. The number of nitrogens with zero attached hydrogens (tertiary/aromatic N) is 1. The fourth-order valence-electron chi connectivity index (χ4n) is 1.52. The summed E-state index contributed by atoms with van der Waals surface area (Å²) >= 11 is 0. The zero-order chi connectivity index (χ0) is 11.9. The number of rotatable bonds is 3. The molecule has 2 rings (SSSR count). The Morgan fingerprint density at radius 1 is 1.62 bits per heavy atom. The van der Waals surface area contributed by atoms with E-state index in [9.17, 15) is 14.4 Å². The van der Waals surface area contributed by atoms with Crippen molar-refractivity contribution in [2.24, 2.45) is 5.18 Å². The number of hydrogen-bond donors (Lipinski definition) is 1. The highest BCUT2D eigenvalue weighted by Crippen LogP contribution is 2.27. The number of fused-ring (bicyclic) bond motifs is 1. The van der Waals surface area contributed by atoms with E-state index >= 15 is 0 Å². The maximum Gasteiger partial charge on any atom is 0.570 e. The van der Waals surface area contributed by atoms with Crippen LogP contribution in [0.1, 0.15) is 12.5 Å². The van der Waals surface area contributed by atoms with E-state index in [2.05, 4.69) is 5.18 Å². The Labute approximate surface area is 91.3 Å². The van der Waals surface area contributed by atoms with Crippen LogP contribution in [0.5, 0.6) is 5.75 Å². The van der Waals surface area contributed by atoms with Crippen molar-refractivity contribution in [1.29, 1.82) is 0 Å². The number of aliphatic hydroxyl groups is 1. The third-order valence-corrected chi connectivity index (χ3v) is 2.25. The van der Waals surface area contributed by atoms with Crippen molar-refractivity contribution in [2.45, 2.75) is 19.8 Å². The Balaban J connectivity index is 2.22. The van der Waals surface area contributed by atoms with E-state index in [0.717, 1.165) is 6.92 Å². The van der Waals surface area contributed by atoms with E-state index in [-0.39, 0.29) is 0 Å². The summed E-state index contributed by atoms with van der Waals surface area (Å²) in [4.78, 5) is 10.2. The van der Waals surface area contributed by atoms with Crippen LogP contribution in [-0.4, -0.2) is 18.1 Å². The van der Waals surface area contributed by atoms with Gasteiger partial charge in [-0.15, -0.1) is 4.91 Å². The van der Waals surface area contributed by atoms with Crippen LogP contribution in [0.25, 0.3) is 0 Å². The largest absolute Gasteiger partial charge is 0.570 e. The lowest BCUT2D eigenvalue weighted by Gasteiger charge is -2.31. The first-order valence-electron chi connectivity index (χ1n) is 4.64. The summed E-state index contributed by atoms with van der Waals surface area (Å²) in [6.07, 6.45) is 0. The van der Waals surface area contributed by atoms with Gasteiger partial charge in [0.1, 0.15) is 11.6 Å². The number of nitroso groups, excluding NO2 is 1. The Hall–Kier alpha value is -1.47. The molecule has 16 heavy (non-hydrogen) atoms. The first kappa shape index (κ1) is 11.0. The molecule has 5 nitrogen and oxygen atoms in total. The predicted octanol–water partition coefficient (Wildman–Crippen LogP) is 0.671. The monoisotopic (exact) mass is 225 g/mol. The van der Waals surface area contributed by atoms with E-state index in [0.29, 0.717) is 16.8 Å². The Morgan fingerprint density at radius 2 is 2.31 bits per heavy atom. The molecule has 0 saturated heterocycles. The summed E-state index contributed by atoms with van der Waals surface area (Å²) in [6.45, 7) is 2.77. The third kappa shape index (κ3) is 1.79. The average molecular weight is 225 g/mol. The zero-order valence-corrected chi connectivity index (χ0v) is 8.73. The van der Waals surface area contributed by atoms with Gasteiger partial charge in [-0.05, 0) is 29.8 Å². The van der Waals surface area contributed by atoms with Crippen LogP contribution in [0.2, 0.25) is 0 Å². The molecule has 0 amide bonds. The fourth-order valence-corrected chi connectivity index (χ4v) is 1.52. The topological polar surface area (TPSA) is 68.1 Å². The van der Waals surface area contributed by atoms with Crippen LogP contribution in [0, 0.1) is 17.6 Å². The molecule has 1 aromatic rings. The first-order valence-corrected chi connectivity index (χ1v) is 4.64. The highest BCUT2D eigenvalue weighted by Gasteiger charge is 2.44. The summed E-state index contributed by atoms with van der Waals surface area (Å²) in [5.41, 5.74) is 1.09. The molecule has 0 saturated carbocycles. The van der Waals surface area contributed by atoms with Crippen molar-refractivity contribution in [3.8, 4) is 5.75 Å². The lowest BCUT2D eigenvalue weighted by atomic mass is 9.71. The van der Waals surface area contributed by atoms with E-state index in [1.165, 1.54) is 12.1 Å². The summed E-state index contributed by atoms with van der Waals surface area (Å²) in [5.74, 6) is -2.09. The molecule has 0 fully saturated rings. The summed E-state index contributed by atoms with van der Waals surface area (Å²) in [7, 11) is -0.961. The minimum absolute atomic E-state index is 0.424. The van der Waals surface area contributed by atoms with Gasteiger partial charge in [-0.1, -0.05) is 0 Å². The quantitative estimate of drug-likeness (QED) is 0.466. The normalized spacial score (nSPS) is 16.9. The molecule has 0 aliphatic carbocycles. The van der Waals surface area contributed by atoms with Gasteiger partial charge in [0.25, 0.3) is 5.91 Å². The van der Waals surface area contributed by atoms with E-state index in [1.54, 1.807) is 6.92 Å². The molecule has 1 aromatic carbocycles. The third-order valence-electron chi connectivity index (χ3n) is 2.25. The smallest absolute Gasteiger partial charge is 0.532 e. The summed E-state index contributed by atoms with van der Waals surface area (Å²) in [5, 5.41) is 11.6. The fraction of sp³-hybridized carbons (Fsp3) is 0.333. The summed E-state index contributed by atoms with van der Waals surface area (Å²) < 4.78 is 23.1. The molecule has 7 heteroatoms. The molecule has 1 aliphatic rings. The van der Waals surface area contributed by atoms with E-state index in [4.69, 9.17) is 9.31 Å². The average Bonchev–Trinajstić information content (AvgIpc) is 2.19. The minimum atomic E-state index is -2.18. The van der Waals surface area contributed by atoms with E-state index < -0.39 is 18.8 Å². The SMILES string of the molecule is Cc1cc(F)cc2c1OB2OC(C)(O)N=O. The van der Waals surface area contributed by atoms with Gasteiger partial charge >= 0.3 is 7.12 Å². The maximum atomic E-state index is 13.1. The Morgan fingerprint density at radius 3 is 2.94 bits per heavy atom. The van der Waals surface area contributed by atoms with Gasteiger partial charge in [0.15, 0.2) is 0 Å². The second-order valence-electron chi connectivity index (χ2n) is 3.73. The molecule has 84 valence electrons. The molecule has 1 heterocycles. The Kier molecular flexibility index (Phi) is 2.44. The van der Waals surface area contributed by atoms with Crippen LogP contribution >= 0.6 is 0 Å². The molecule has 1 unspecified atom stereocenters. The van der Waals surface area contributed by atoms with Gasteiger partial charge in [-0.2, -0.15) is 0 Å². The molecule has 0 aromatic heterocycles. The van der Waals surface area contributed by atoms with Gasteiger partial charge in [-0.25, -0.2) is 4.39 Å². The highest BCUT2D eigenvalue weighted by molar-refractivity contribution is 6.67. The maximum absolute atomic E-state index is 13.1. The lowest BCUT2D eigenvalue weighted by Crippen LogP contribution is -2.54. The molecule has 1 N–H and O–H groups in total. The van der Waals surface area contributed by atoms with Gasteiger partial charge < -0.3 is 14.4 Å². The number of hydrogen-bond acceptors (Lipinski definition) is 5. The standard InChI is InChI=1S/C9H9BFNO4/c1-5-3-6(11)4-7-8(5)15-10(7)16-9(2,13)12-14/h3-4,13H,1-2H3. The van der Waals surface area contributed by atoms with Gasteiger partial charge in [-0.3, -0.25) is 0 Å². The van der Waals surface area contributed by atoms with Gasteiger partial charge in [0, 0.05) is 12.4 Å². The predicted molar refractivity (Wildman–Crippen MR) is 54.7 cm³/mol. The van der Waals surface area contributed by atoms with Crippen molar-refractivity contribution in [1.82, 2.24) is 0 Å². The van der Waals surface area contributed by atoms with Crippen LogP contribution in [0.15, 0.2) is 17.3 Å². The van der Waals surface area contributed by atoms with Gasteiger partial charge in [0.2, 0.25) is 0 Å². The molecule has 0 radical (unpaired) electrons. The lowest BCUT2D eigenvalue weighted by molar-refractivity contribution is -0.125. The molecule has 1 aliphatic heterocycles. The van der Waals surface area contributed by atoms with Crippen LogP contribution < -0.4 is 10.1 Å². The number of aryl methyl sites for hydroxylation is 1. The Bertz CT molecular complexity index is 451.